The molecular formula is C15H29N3O3. The van der Waals surface area contributed by atoms with E-state index in [2.05, 4.69) is 27.3 Å². The number of carbonyl (C=O) groups excluding carboxylic acids is 1. The van der Waals surface area contributed by atoms with Crippen molar-refractivity contribution in [2.24, 2.45) is 4.99 Å². The van der Waals surface area contributed by atoms with Crippen LogP contribution in [0.4, 0.5) is 0 Å². The minimum Gasteiger partial charge on any atom is -0.469 e. The summed E-state index contributed by atoms with van der Waals surface area (Å²) >= 11 is 0. The first-order chi connectivity index (χ1) is 10.1. The molecule has 21 heavy (non-hydrogen) atoms. The lowest BCUT2D eigenvalue weighted by Gasteiger charge is -2.21. The zero-order valence-electron chi connectivity index (χ0n) is 13.5. The Morgan fingerprint density at radius 2 is 2.19 bits per heavy atom. The van der Waals surface area contributed by atoms with Crippen LogP contribution in [0, 0.1) is 0 Å². The van der Waals surface area contributed by atoms with Crippen molar-refractivity contribution in [2.45, 2.75) is 51.6 Å². The van der Waals surface area contributed by atoms with Gasteiger partial charge in [0.15, 0.2) is 5.96 Å². The van der Waals surface area contributed by atoms with E-state index < -0.39 is 0 Å². The molecule has 0 aromatic rings. The smallest absolute Gasteiger partial charge is 0.305 e. The van der Waals surface area contributed by atoms with Gasteiger partial charge in [0, 0.05) is 26.1 Å². The molecule has 0 aromatic heterocycles. The maximum Gasteiger partial charge on any atom is 0.305 e. The molecule has 1 saturated heterocycles. The van der Waals surface area contributed by atoms with Crippen LogP contribution in [-0.2, 0) is 14.3 Å². The van der Waals surface area contributed by atoms with Gasteiger partial charge in [-0.3, -0.25) is 9.79 Å². The summed E-state index contributed by atoms with van der Waals surface area (Å²) in [6.45, 7) is 7.28. The molecule has 0 bridgehead atoms. The van der Waals surface area contributed by atoms with E-state index in [4.69, 9.17) is 4.74 Å². The molecule has 0 aliphatic carbocycles. The van der Waals surface area contributed by atoms with E-state index in [1.54, 1.807) is 0 Å². The van der Waals surface area contributed by atoms with Crippen LogP contribution in [-0.4, -0.2) is 50.9 Å². The number of hydrogen-bond acceptors (Lipinski definition) is 4. The second-order valence-corrected chi connectivity index (χ2v) is 5.56. The zero-order chi connectivity index (χ0) is 15.6. The van der Waals surface area contributed by atoms with E-state index in [1.165, 1.54) is 7.11 Å². The van der Waals surface area contributed by atoms with Gasteiger partial charge >= 0.3 is 5.97 Å². The summed E-state index contributed by atoms with van der Waals surface area (Å²) in [6, 6.07) is 0. The van der Waals surface area contributed by atoms with Gasteiger partial charge in [-0.1, -0.05) is 0 Å². The highest BCUT2D eigenvalue weighted by atomic mass is 16.5. The Bertz CT molecular complexity index is 339. The number of unbranched alkanes of at least 4 members (excludes halogenated alkanes) is 1. The summed E-state index contributed by atoms with van der Waals surface area (Å²) in [5.74, 6) is 0.661. The highest BCUT2D eigenvalue weighted by Crippen LogP contribution is 2.24. The summed E-state index contributed by atoms with van der Waals surface area (Å²) in [6.07, 6.45) is 4.38. The number of rotatable bonds is 8. The average molecular weight is 299 g/mol. The molecule has 1 rings (SSSR count). The third-order valence-corrected chi connectivity index (χ3v) is 3.54. The summed E-state index contributed by atoms with van der Waals surface area (Å²) < 4.78 is 10.4. The van der Waals surface area contributed by atoms with E-state index in [9.17, 15) is 4.79 Å². The molecule has 1 atom stereocenters. The quantitative estimate of drug-likeness (QED) is 0.307. The largest absolute Gasteiger partial charge is 0.469 e. The summed E-state index contributed by atoms with van der Waals surface area (Å²) in [7, 11) is 1.42. The number of nitrogens with zero attached hydrogens (tertiary/aromatic N) is 1. The standard InChI is InChI=1S/C15H29N3O3/c1-4-16-14(17-10-6-5-8-13(19)20-3)18-12-15(2)9-7-11-21-15/h4-12H2,1-3H3,(H2,16,17,18). The van der Waals surface area contributed by atoms with Crippen molar-refractivity contribution in [3.63, 3.8) is 0 Å². The Morgan fingerprint density at radius 3 is 2.81 bits per heavy atom. The first-order valence-electron chi connectivity index (χ1n) is 7.82. The molecule has 1 fully saturated rings. The molecule has 2 N–H and O–H groups in total. The number of nitrogens with one attached hydrogen (secondary N) is 2. The lowest BCUT2D eigenvalue weighted by Crippen LogP contribution is -2.39. The number of hydrogen-bond donors (Lipinski definition) is 2. The minimum atomic E-state index is -0.151. The zero-order valence-corrected chi connectivity index (χ0v) is 13.5. The van der Waals surface area contributed by atoms with E-state index in [-0.39, 0.29) is 11.6 Å². The maximum absolute atomic E-state index is 11.0. The predicted octanol–water partition coefficient (Wildman–Crippen LogP) is 1.45. The van der Waals surface area contributed by atoms with Gasteiger partial charge in [-0.25, -0.2) is 0 Å². The second-order valence-electron chi connectivity index (χ2n) is 5.56. The summed E-state index contributed by atoms with van der Waals surface area (Å²) in [5, 5.41) is 6.51. The van der Waals surface area contributed by atoms with Gasteiger partial charge in [-0.05, 0) is 39.5 Å². The van der Waals surface area contributed by atoms with Crippen LogP contribution < -0.4 is 10.6 Å². The normalized spacial score (nSPS) is 22.1. The number of esters is 1. The van der Waals surface area contributed by atoms with Gasteiger partial charge in [0.05, 0.1) is 19.3 Å². The van der Waals surface area contributed by atoms with Crippen molar-refractivity contribution in [1.82, 2.24) is 10.6 Å². The number of carbonyl (C=O) groups is 1. The molecule has 122 valence electrons. The third-order valence-electron chi connectivity index (χ3n) is 3.54. The summed E-state index contributed by atoms with van der Waals surface area (Å²) in [4.78, 5) is 15.6. The number of aliphatic imine (C=N–C) groups is 1. The molecule has 1 heterocycles. The Morgan fingerprint density at radius 1 is 1.38 bits per heavy atom. The van der Waals surface area contributed by atoms with Crippen LogP contribution in [0.2, 0.25) is 0 Å². The molecule has 0 amide bonds. The van der Waals surface area contributed by atoms with Gasteiger partial charge < -0.3 is 20.1 Å². The summed E-state index contributed by atoms with van der Waals surface area (Å²) in [5.41, 5.74) is -0.118. The molecule has 0 spiro atoms. The monoisotopic (exact) mass is 299 g/mol. The molecule has 1 aliphatic rings. The van der Waals surface area contributed by atoms with Gasteiger partial charge in [0.1, 0.15) is 0 Å². The fourth-order valence-electron chi connectivity index (χ4n) is 2.25. The third kappa shape index (κ3) is 7.32. The molecule has 6 nitrogen and oxygen atoms in total. The molecule has 0 aromatic carbocycles. The maximum atomic E-state index is 11.0. The van der Waals surface area contributed by atoms with Crippen LogP contribution in [0.3, 0.4) is 0 Å². The van der Waals surface area contributed by atoms with Crippen molar-refractivity contribution in [3.05, 3.63) is 0 Å². The SMILES string of the molecule is CCNC(=NCC1(C)CCCO1)NCCCCC(=O)OC. The second kappa shape index (κ2) is 9.60. The highest BCUT2D eigenvalue weighted by molar-refractivity contribution is 5.79. The lowest BCUT2D eigenvalue weighted by molar-refractivity contribution is -0.140. The van der Waals surface area contributed by atoms with Gasteiger partial charge in [0.2, 0.25) is 0 Å². The van der Waals surface area contributed by atoms with Crippen LogP contribution in [0.1, 0.15) is 46.0 Å². The van der Waals surface area contributed by atoms with E-state index >= 15 is 0 Å². The van der Waals surface area contributed by atoms with Crippen molar-refractivity contribution in [2.75, 3.05) is 33.4 Å². The van der Waals surface area contributed by atoms with Crippen LogP contribution in [0.25, 0.3) is 0 Å². The first kappa shape index (κ1) is 17.8. The lowest BCUT2D eigenvalue weighted by atomic mass is 10.0. The fourth-order valence-corrected chi connectivity index (χ4v) is 2.25. The van der Waals surface area contributed by atoms with Crippen molar-refractivity contribution < 1.29 is 14.3 Å². The Balaban J connectivity index is 2.27. The number of methoxy groups -OCH3 is 1. The number of guanidine groups is 1. The molecule has 6 heteroatoms. The van der Waals surface area contributed by atoms with Crippen LogP contribution >= 0.6 is 0 Å². The predicted molar refractivity (Wildman–Crippen MR) is 83.4 cm³/mol. The van der Waals surface area contributed by atoms with Crippen LogP contribution in [0.15, 0.2) is 4.99 Å². The Labute approximate surface area is 127 Å². The fraction of sp³-hybridized carbons (Fsp3) is 0.867. The topological polar surface area (TPSA) is 72.0 Å². The van der Waals surface area contributed by atoms with Crippen LogP contribution in [0.5, 0.6) is 0 Å². The number of ether oxygens (including phenoxy) is 2. The Kier molecular flexibility index (Phi) is 8.12. The Hall–Kier alpha value is -1.30. The van der Waals surface area contributed by atoms with Gasteiger partial charge in [-0.2, -0.15) is 0 Å². The van der Waals surface area contributed by atoms with Gasteiger partial charge in [0.25, 0.3) is 0 Å². The van der Waals surface area contributed by atoms with Crippen molar-refractivity contribution in [1.29, 1.82) is 0 Å². The van der Waals surface area contributed by atoms with E-state index in [0.717, 1.165) is 51.3 Å². The van der Waals surface area contributed by atoms with Gasteiger partial charge in [-0.15, -0.1) is 0 Å². The van der Waals surface area contributed by atoms with Crippen molar-refractivity contribution >= 4 is 11.9 Å². The molecular weight excluding hydrogens is 270 g/mol. The van der Waals surface area contributed by atoms with Crippen molar-refractivity contribution in [3.8, 4) is 0 Å². The molecule has 1 aliphatic heterocycles. The minimum absolute atomic E-state index is 0.118. The van der Waals surface area contributed by atoms with E-state index in [1.807, 2.05) is 6.92 Å². The molecule has 0 saturated carbocycles. The molecule has 0 radical (unpaired) electrons. The van der Waals surface area contributed by atoms with E-state index in [0.29, 0.717) is 13.0 Å². The first-order valence-corrected chi connectivity index (χ1v) is 7.82. The highest BCUT2D eigenvalue weighted by Gasteiger charge is 2.29. The molecule has 1 unspecified atom stereocenters. The average Bonchev–Trinajstić information content (AvgIpc) is 2.91.